The Morgan fingerprint density at radius 3 is 2.36 bits per heavy atom. The first-order chi connectivity index (χ1) is 5.31. The summed E-state index contributed by atoms with van der Waals surface area (Å²) in [4.78, 5) is 0. The molecule has 0 heterocycles. The lowest BCUT2D eigenvalue weighted by molar-refractivity contribution is 0.0682. The van der Waals surface area contributed by atoms with Crippen molar-refractivity contribution in [1.29, 1.82) is 0 Å². The monoisotopic (exact) mass is 159 g/mol. The van der Waals surface area contributed by atoms with Crippen LogP contribution in [-0.2, 0) is 5.11 Å². The lowest BCUT2D eigenvalue weighted by atomic mass is 10.1. The molecule has 0 saturated heterocycles. The fourth-order valence-electron chi connectivity index (χ4n) is 1.06. The van der Waals surface area contributed by atoms with Crippen LogP contribution in [0.15, 0.2) is 0 Å². The number of hydrogen-bond acceptors (Lipinski definition) is 1. The van der Waals surface area contributed by atoms with E-state index in [2.05, 4.69) is 6.92 Å². The smallest absolute Gasteiger partial charge is 0.0930 e. The highest BCUT2D eigenvalue weighted by Crippen LogP contribution is 2.08. The second-order valence-electron chi connectivity index (χ2n) is 2.98. The van der Waals surface area contributed by atoms with E-state index >= 15 is 0 Å². The van der Waals surface area contributed by atoms with Gasteiger partial charge in [-0.1, -0.05) is 19.8 Å². The number of rotatable bonds is 7. The molecule has 1 radical (unpaired) electrons. The number of aliphatic hydroxyl groups excluding tert-OH is 1. The summed E-state index contributed by atoms with van der Waals surface area (Å²) in [6, 6.07) is 0. The van der Waals surface area contributed by atoms with Crippen LogP contribution >= 0.6 is 0 Å². The van der Waals surface area contributed by atoms with Crippen molar-refractivity contribution in [2.45, 2.75) is 51.6 Å². The Bertz CT molecular complexity index is 74.0. The van der Waals surface area contributed by atoms with Gasteiger partial charge in [-0.2, -0.15) is 0 Å². The van der Waals surface area contributed by atoms with Crippen LogP contribution < -0.4 is 0 Å². The first-order valence-corrected chi connectivity index (χ1v) is 4.58. The molecule has 0 aromatic carbocycles. The SMILES string of the molecule is CCCCC([O])CCCCO. The zero-order chi connectivity index (χ0) is 8.53. The minimum Gasteiger partial charge on any atom is -0.396 e. The molecule has 11 heavy (non-hydrogen) atoms. The van der Waals surface area contributed by atoms with E-state index in [-0.39, 0.29) is 12.7 Å². The first-order valence-electron chi connectivity index (χ1n) is 4.58. The van der Waals surface area contributed by atoms with E-state index in [9.17, 15) is 5.11 Å². The summed E-state index contributed by atoms with van der Waals surface area (Å²) < 4.78 is 0. The van der Waals surface area contributed by atoms with Crippen LogP contribution in [0.25, 0.3) is 0 Å². The quantitative estimate of drug-likeness (QED) is 0.568. The molecule has 0 aliphatic rings. The summed E-state index contributed by atoms with van der Waals surface area (Å²) >= 11 is 0. The Morgan fingerprint density at radius 2 is 1.82 bits per heavy atom. The van der Waals surface area contributed by atoms with E-state index in [0.29, 0.717) is 0 Å². The molecule has 0 aromatic rings. The lowest BCUT2D eigenvalue weighted by Crippen LogP contribution is -2.04. The summed E-state index contributed by atoms with van der Waals surface area (Å²) in [6.45, 7) is 2.32. The van der Waals surface area contributed by atoms with Gasteiger partial charge in [-0.3, -0.25) is 0 Å². The van der Waals surface area contributed by atoms with Crippen molar-refractivity contribution >= 4 is 0 Å². The third-order valence-electron chi connectivity index (χ3n) is 1.81. The van der Waals surface area contributed by atoms with Crippen molar-refractivity contribution in [3.8, 4) is 0 Å². The molecule has 0 aliphatic heterocycles. The van der Waals surface area contributed by atoms with Crippen molar-refractivity contribution in [3.63, 3.8) is 0 Å². The van der Waals surface area contributed by atoms with Gasteiger partial charge in [0.1, 0.15) is 0 Å². The number of aliphatic hydroxyl groups is 1. The van der Waals surface area contributed by atoms with Crippen LogP contribution in [0.2, 0.25) is 0 Å². The molecule has 0 aromatic heterocycles. The largest absolute Gasteiger partial charge is 0.396 e. The van der Waals surface area contributed by atoms with Crippen LogP contribution in [0.1, 0.15) is 45.4 Å². The predicted molar refractivity (Wildman–Crippen MR) is 44.9 cm³/mol. The van der Waals surface area contributed by atoms with E-state index < -0.39 is 0 Å². The van der Waals surface area contributed by atoms with Gasteiger partial charge in [-0.05, 0) is 25.7 Å². The van der Waals surface area contributed by atoms with E-state index in [0.717, 1.165) is 38.5 Å². The molecule has 0 fully saturated rings. The number of hydrogen-bond donors (Lipinski definition) is 1. The van der Waals surface area contributed by atoms with Gasteiger partial charge in [-0.25, -0.2) is 5.11 Å². The molecule has 2 heteroatoms. The van der Waals surface area contributed by atoms with Gasteiger partial charge < -0.3 is 5.11 Å². The Labute approximate surface area is 69.2 Å². The molecule has 67 valence electrons. The standard InChI is InChI=1S/C9H19O2/c1-2-3-6-9(11)7-4-5-8-10/h9-10H,2-8H2,1H3. The van der Waals surface area contributed by atoms with Crippen LogP contribution in [0.4, 0.5) is 0 Å². The first kappa shape index (κ1) is 10.9. The maximum absolute atomic E-state index is 11.1. The second kappa shape index (κ2) is 8.02. The van der Waals surface area contributed by atoms with E-state index in [1.54, 1.807) is 0 Å². The molecular weight excluding hydrogens is 140 g/mol. The Hall–Kier alpha value is -0.0800. The highest BCUT2D eigenvalue weighted by atomic mass is 16.3. The maximum atomic E-state index is 11.1. The molecule has 0 rings (SSSR count). The molecule has 0 bridgehead atoms. The number of unbranched alkanes of at least 4 members (excludes halogenated alkanes) is 2. The molecule has 0 aliphatic carbocycles. The van der Waals surface area contributed by atoms with Crippen molar-refractivity contribution in [3.05, 3.63) is 0 Å². The third-order valence-corrected chi connectivity index (χ3v) is 1.81. The molecule has 0 amide bonds. The topological polar surface area (TPSA) is 40.1 Å². The van der Waals surface area contributed by atoms with Crippen molar-refractivity contribution in [1.82, 2.24) is 0 Å². The average Bonchev–Trinajstić information content (AvgIpc) is 2.01. The molecule has 1 atom stereocenters. The van der Waals surface area contributed by atoms with Gasteiger partial charge in [0.2, 0.25) is 0 Å². The Morgan fingerprint density at radius 1 is 1.18 bits per heavy atom. The molecule has 1 N–H and O–H groups in total. The van der Waals surface area contributed by atoms with E-state index in [4.69, 9.17) is 5.11 Å². The third kappa shape index (κ3) is 7.82. The fourth-order valence-corrected chi connectivity index (χ4v) is 1.06. The minimum absolute atomic E-state index is 0.223. The lowest BCUT2D eigenvalue weighted by Gasteiger charge is -2.05. The fraction of sp³-hybridized carbons (Fsp3) is 1.00. The van der Waals surface area contributed by atoms with Crippen LogP contribution in [0, 0.1) is 0 Å². The van der Waals surface area contributed by atoms with E-state index in [1.165, 1.54) is 0 Å². The summed E-state index contributed by atoms with van der Waals surface area (Å²) in [5, 5.41) is 19.5. The van der Waals surface area contributed by atoms with Crippen LogP contribution in [0.5, 0.6) is 0 Å². The summed E-state index contributed by atoms with van der Waals surface area (Å²) in [6.07, 6.45) is 4.98. The van der Waals surface area contributed by atoms with Crippen molar-refractivity contribution in [2.75, 3.05) is 6.61 Å². The molecule has 0 spiro atoms. The average molecular weight is 159 g/mol. The van der Waals surface area contributed by atoms with Gasteiger partial charge in [0.05, 0.1) is 6.10 Å². The zero-order valence-corrected chi connectivity index (χ0v) is 7.38. The summed E-state index contributed by atoms with van der Waals surface area (Å²) in [5.41, 5.74) is 0. The predicted octanol–water partition coefficient (Wildman–Crippen LogP) is 2.14. The van der Waals surface area contributed by atoms with Crippen LogP contribution in [0.3, 0.4) is 0 Å². The van der Waals surface area contributed by atoms with Gasteiger partial charge in [0, 0.05) is 6.61 Å². The highest BCUT2D eigenvalue weighted by molar-refractivity contribution is 4.54. The minimum atomic E-state index is -0.388. The van der Waals surface area contributed by atoms with Crippen molar-refractivity contribution < 1.29 is 10.2 Å². The summed E-state index contributed by atoms with van der Waals surface area (Å²) in [7, 11) is 0. The summed E-state index contributed by atoms with van der Waals surface area (Å²) in [5.74, 6) is 0. The zero-order valence-electron chi connectivity index (χ0n) is 7.38. The van der Waals surface area contributed by atoms with Gasteiger partial charge >= 0.3 is 0 Å². The van der Waals surface area contributed by atoms with Crippen molar-refractivity contribution in [2.24, 2.45) is 0 Å². The van der Waals surface area contributed by atoms with Crippen LogP contribution in [-0.4, -0.2) is 17.8 Å². The second-order valence-corrected chi connectivity index (χ2v) is 2.98. The Balaban J connectivity index is 3.02. The van der Waals surface area contributed by atoms with Gasteiger partial charge in [0.15, 0.2) is 0 Å². The molecule has 2 nitrogen and oxygen atoms in total. The molecule has 1 unspecified atom stereocenters. The Kier molecular flexibility index (Phi) is 7.96. The van der Waals surface area contributed by atoms with Gasteiger partial charge in [0.25, 0.3) is 0 Å². The highest BCUT2D eigenvalue weighted by Gasteiger charge is 2.03. The molecule has 0 saturated carbocycles. The van der Waals surface area contributed by atoms with E-state index in [1.807, 2.05) is 0 Å². The maximum Gasteiger partial charge on any atom is 0.0930 e. The normalized spacial score (nSPS) is 13.4. The van der Waals surface area contributed by atoms with Gasteiger partial charge in [-0.15, -0.1) is 0 Å². The molecular formula is C9H19O2.